The van der Waals surface area contributed by atoms with Crippen LogP contribution in [0.2, 0.25) is 0 Å². The van der Waals surface area contributed by atoms with E-state index in [4.69, 9.17) is 14.6 Å². The van der Waals surface area contributed by atoms with Crippen LogP contribution in [0.25, 0.3) is 0 Å². The Morgan fingerprint density at radius 1 is 1.55 bits per heavy atom. The molecule has 8 nitrogen and oxygen atoms in total. The van der Waals surface area contributed by atoms with Gasteiger partial charge in [-0.2, -0.15) is 5.06 Å². The quantitative estimate of drug-likeness (QED) is 0.701. The number of rotatable bonds is 5. The van der Waals surface area contributed by atoms with Crippen molar-refractivity contribution in [2.45, 2.75) is 25.5 Å². The Morgan fingerprint density at radius 2 is 2.27 bits per heavy atom. The van der Waals surface area contributed by atoms with Crippen LogP contribution in [0, 0.1) is 0 Å². The lowest BCUT2D eigenvalue weighted by molar-refractivity contribution is -0.126. The first kappa shape index (κ1) is 16.1. The van der Waals surface area contributed by atoms with Gasteiger partial charge in [-0.1, -0.05) is 6.07 Å². The van der Waals surface area contributed by atoms with Gasteiger partial charge in [-0.25, -0.2) is 4.79 Å². The van der Waals surface area contributed by atoms with E-state index in [1.54, 1.807) is 19.2 Å². The van der Waals surface area contributed by atoms with Crippen LogP contribution in [-0.4, -0.2) is 48.2 Å². The molecule has 0 unspecified atom stereocenters. The number of methoxy groups -OCH3 is 1. The first-order valence-electron chi connectivity index (χ1n) is 6.73. The molecule has 0 bridgehead atoms. The molecule has 8 heteroatoms. The largest absolute Gasteiger partial charge is 0.488 e. The Balaban J connectivity index is 2.20. The second-order valence-corrected chi connectivity index (χ2v) is 5.03. The maximum atomic E-state index is 11.9. The van der Waals surface area contributed by atoms with Crippen LogP contribution in [-0.2, 0) is 16.0 Å². The van der Waals surface area contributed by atoms with E-state index in [9.17, 15) is 14.8 Å². The Hall–Kier alpha value is -2.32. The summed E-state index contributed by atoms with van der Waals surface area (Å²) >= 11 is 0. The fraction of sp³-hybridized carbons (Fsp3) is 0.429. The molecule has 1 aromatic rings. The van der Waals surface area contributed by atoms with Gasteiger partial charge in [0.2, 0.25) is 0 Å². The fourth-order valence-electron chi connectivity index (χ4n) is 2.32. The summed E-state index contributed by atoms with van der Waals surface area (Å²) in [5, 5.41) is 21.2. The molecule has 0 saturated carbocycles. The number of carbonyl (C=O) groups excluding carboxylic acids is 1. The van der Waals surface area contributed by atoms with Gasteiger partial charge in [0.25, 0.3) is 5.91 Å². The van der Waals surface area contributed by atoms with Gasteiger partial charge in [0.05, 0.1) is 12.3 Å². The SMILES string of the molecule is COC[C@H](C)Oc1ccc2c(c1)N(O)C(=O)[C@@H](NC(=O)O)C2. The van der Waals surface area contributed by atoms with Gasteiger partial charge >= 0.3 is 6.09 Å². The molecule has 3 N–H and O–H groups in total. The van der Waals surface area contributed by atoms with Crippen LogP contribution in [0.15, 0.2) is 18.2 Å². The van der Waals surface area contributed by atoms with Gasteiger partial charge in [-0.05, 0) is 18.6 Å². The summed E-state index contributed by atoms with van der Waals surface area (Å²) in [5.74, 6) is -0.239. The Kier molecular flexibility index (Phi) is 4.84. The van der Waals surface area contributed by atoms with Crippen molar-refractivity contribution in [1.29, 1.82) is 0 Å². The molecule has 0 radical (unpaired) electrons. The smallest absolute Gasteiger partial charge is 0.405 e. The molecule has 120 valence electrons. The van der Waals surface area contributed by atoms with E-state index in [0.29, 0.717) is 23.0 Å². The Morgan fingerprint density at radius 3 is 2.91 bits per heavy atom. The lowest BCUT2D eigenvalue weighted by Crippen LogP contribution is -2.51. The summed E-state index contributed by atoms with van der Waals surface area (Å²) in [7, 11) is 1.57. The van der Waals surface area contributed by atoms with Crippen molar-refractivity contribution >= 4 is 17.7 Å². The maximum Gasteiger partial charge on any atom is 0.405 e. The van der Waals surface area contributed by atoms with Gasteiger partial charge in [-0.15, -0.1) is 0 Å². The lowest BCUT2D eigenvalue weighted by atomic mass is 9.98. The molecule has 0 aliphatic carbocycles. The zero-order valence-corrected chi connectivity index (χ0v) is 12.3. The van der Waals surface area contributed by atoms with Gasteiger partial charge in [0.1, 0.15) is 17.9 Å². The highest BCUT2D eigenvalue weighted by Gasteiger charge is 2.33. The molecule has 1 aliphatic heterocycles. The lowest BCUT2D eigenvalue weighted by Gasteiger charge is -2.30. The maximum absolute atomic E-state index is 11.9. The van der Waals surface area contributed by atoms with E-state index in [-0.39, 0.29) is 18.2 Å². The normalized spacial score (nSPS) is 18.6. The molecular formula is C14H18N2O6. The summed E-state index contributed by atoms with van der Waals surface area (Å²) in [5.41, 5.74) is 0.933. The molecule has 2 amide bonds. The predicted molar refractivity (Wildman–Crippen MR) is 76.3 cm³/mol. The third kappa shape index (κ3) is 3.46. The summed E-state index contributed by atoms with van der Waals surface area (Å²) in [6.07, 6.45) is -1.33. The Bertz CT molecular complexity index is 576. The zero-order chi connectivity index (χ0) is 16.3. The number of carbonyl (C=O) groups is 2. The first-order valence-corrected chi connectivity index (χ1v) is 6.73. The number of carboxylic acid groups (broad SMARTS) is 1. The van der Waals surface area contributed by atoms with E-state index >= 15 is 0 Å². The van der Waals surface area contributed by atoms with Gasteiger partial charge in [0, 0.05) is 19.6 Å². The highest BCUT2D eigenvalue weighted by molar-refractivity contribution is 5.99. The van der Waals surface area contributed by atoms with Crippen molar-refractivity contribution in [3.63, 3.8) is 0 Å². The highest BCUT2D eigenvalue weighted by atomic mass is 16.5. The average Bonchev–Trinajstić information content (AvgIpc) is 2.45. The number of nitrogens with zero attached hydrogens (tertiary/aromatic N) is 1. The molecule has 1 aliphatic rings. The van der Waals surface area contributed by atoms with Crippen molar-refractivity contribution in [2.75, 3.05) is 18.8 Å². The van der Waals surface area contributed by atoms with E-state index in [1.807, 2.05) is 6.92 Å². The molecule has 2 rings (SSSR count). The summed E-state index contributed by atoms with van der Waals surface area (Å²) < 4.78 is 10.6. The molecule has 0 saturated heterocycles. The number of hydrogen-bond acceptors (Lipinski definition) is 5. The fourth-order valence-corrected chi connectivity index (χ4v) is 2.32. The zero-order valence-electron chi connectivity index (χ0n) is 12.3. The van der Waals surface area contributed by atoms with Crippen molar-refractivity contribution in [3.05, 3.63) is 23.8 Å². The number of anilines is 1. The standard InChI is InChI=1S/C14H18N2O6/c1-8(7-21-2)22-10-4-3-9-5-11(15-14(18)19)13(17)16(20)12(9)6-10/h3-4,6,8,11,15,20H,5,7H2,1-2H3,(H,18,19)/t8-,11-/m0/s1. The minimum Gasteiger partial charge on any atom is -0.488 e. The van der Waals surface area contributed by atoms with Crippen LogP contribution in [0.4, 0.5) is 10.5 Å². The number of nitrogens with one attached hydrogen (secondary N) is 1. The van der Waals surface area contributed by atoms with Crippen LogP contribution < -0.4 is 15.1 Å². The molecular weight excluding hydrogens is 292 g/mol. The van der Waals surface area contributed by atoms with E-state index in [1.165, 1.54) is 6.07 Å². The summed E-state index contributed by atoms with van der Waals surface area (Å²) in [4.78, 5) is 22.6. The topological polar surface area (TPSA) is 108 Å². The third-order valence-electron chi connectivity index (χ3n) is 3.25. The number of hydrogen-bond donors (Lipinski definition) is 3. The number of hydroxylamine groups is 1. The molecule has 22 heavy (non-hydrogen) atoms. The summed E-state index contributed by atoms with van der Waals surface area (Å²) in [6.45, 7) is 2.24. The van der Waals surface area contributed by atoms with Crippen LogP contribution in [0.3, 0.4) is 0 Å². The summed E-state index contributed by atoms with van der Waals surface area (Å²) in [6, 6.07) is 3.92. The van der Waals surface area contributed by atoms with Crippen molar-refractivity contribution < 1.29 is 29.4 Å². The highest BCUT2D eigenvalue weighted by Crippen LogP contribution is 2.31. The molecule has 0 aromatic heterocycles. The predicted octanol–water partition coefficient (Wildman–Crippen LogP) is 1.01. The average molecular weight is 310 g/mol. The van der Waals surface area contributed by atoms with Crippen LogP contribution in [0.5, 0.6) is 5.75 Å². The molecule has 0 spiro atoms. The number of amides is 2. The molecule has 1 aromatic carbocycles. The third-order valence-corrected chi connectivity index (χ3v) is 3.25. The molecule has 1 heterocycles. The van der Waals surface area contributed by atoms with Crippen molar-refractivity contribution in [3.8, 4) is 5.75 Å². The van der Waals surface area contributed by atoms with E-state index in [2.05, 4.69) is 5.32 Å². The van der Waals surface area contributed by atoms with Gasteiger partial charge in [-0.3, -0.25) is 10.0 Å². The van der Waals surface area contributed by atoms with E-state index in [0.717, 1.165) is 0 Å². The molecule has 2 atom stereocenters. The second-order valence-electron chi connectivity index (χ2n) is 5.03. The number of fused-ring (bicyclic) bond motifs is 1. The van der Waals surface area contributed by atoms with Crippen LogP contribution >= 0.6 is 0 Å². The van der Waals surface area contributed by atoms with Gasteiger partial charge in [0.15, 0.2) is 0 Å². The molecule has 0 fully saturated rings. The number of ether oxygens (including phenoxy) is 2. The second kappa shape index (κ2) is 6.63. The Labute approximate surface area is 127 Å². The first-order chi connectivity index (χ1) is 10.4. The minimum atomic E-state index is -1.32. The van der Waals surface area contributed by atoms with Crippen molar-refractivity contribution in [1.82, 2.24) is 5.32 Å². The van der Waals surface area contributed by atoms with Gasteiger partial charge < -0.3 is 19.9 Å². The number of benzene rings is 1. The minimum absolute atomic E-state index is 0.172. The monoisotopic (exact) mass is 310 g/mol. The van der Waals surface area contributed by atoms with E-state index < -0.39 is 18.0 Å². The van der Waals surface area contributed by atoms with Crippen LogP contribution in [0.1, 0.15) is 12.5 Å². The van der Waals surface area contributed by atoms with Crippen molar-refractivity contribution in [2.24, 2.45) is 0 Å².